The van der Waals surface area contributed by atoms with Crippen molar-refractivity contribution in [3.05, 3.63) is 0 Å². The number of carbonyl (C=O) groups is 2. The van der Waals surface area contributed by atoms with Crippen molar-refractivity contribution in [2.75, 3.05) is 6.61 Å². The molecule has 0 aliphatic rings. The Bertz CT molecular complexity index is 333. The molecular weight excluding hydrogens is 276 g/mol. The first-order valence-corrected chi connectivity index (χ1v) is 9.95. The van der Waals surface area contributed by atoms with Crippen LogP contribution in [0.25, 0.3) is 0 Å². The van der Waals surface area contributed by atoms with Crippen molar-refractivity contribution in [1.82, 2.24) is 0 Å². The van der Waals surface area contributed by atoms with E-state index < -0.39 is 26.4 Å². The zero-order valence-electron chi connectivity index (χ0n) is 13.5. The van der Waals surface area contributed by atoms with Gasteiger partial charge in [-0.1, -0.05) is 27.7 Å². The number of carboxylic acids is 1. The van der Waals surface area contributed by atoms with Crippen LogP contribution < -0.4 is 0 Å². The smallest absolute Gasteiger partial charge is 0.308 e. The molecule has 0 saturated carbocycles. The molecule has 118 valence electrons. The van der Waals surface area contributed by atoms with Gasteiger partial charge in [0.1, 0.15) is 0 Å². The van der Waals surface area contributed by atoms with Crippen molar-refractivity contribution in [3.8, 4) is 0 Å². The van der Waals surface area contributed by atoms with Gasteiger partial charge in [0.25, 0.3) is 0 Å². The van der Waals surface area contributed by atoms with Crippen LogP contribution in [0.5, 0.6) is 0 Å². The molecule has 1 unspecified atom stereocenters. The van der Waals surface area contributed by atoms with Crippen LogP contribution in [0.1, 0.15) is 47.0 Å². The molecule has 0 rings (SSSR count). The molecule has 1 N–H and O–H groups in total. The summed E-state index contributed by atoms with van der Waals surface area (Å²) in [5.41, 5.74) is 0. The largest absolute Gasteiger partial charge is 0.481 e. The van der Waals surface area contributed by atoms with Crippen LogP contribution in [0, 0.1) is 0 Å². The lowest BCUT2D eigenvalue weighted by molar-refractivity contribution is -0.146. The second-order valence-corrected chi connectivity index (χ2v) is 11.3. The molecule has 0 saturated heterocycles. The number of aliphatic carboxylic acids is 1. The molecule has 5 nitrogen and oxygen atoms in total. The highest BCUT2D eigenvalue weighted by Gasteiger charge is 2.40. The molecule has 0 amide bonds. The molecule has 1 atom stereocenters. The quantitative estimate of drug-likeness (QED) is 0.550. The summed E-state index contributed by atoms with van der Waals surface area (Å²) < 4.78 is 11.0. The molecule has 0 spiro atoms. The summed E-state index contributed by atoms with van der Waals surface area (Å²) in [6, 6.07) is 0. The van der Waals surface area contributed by atoms with Crippen LogP contribution in [0.2, 0.25) is 18.1 Å². The average molecular weight is 304 g/mol. The minimum absolute atomic E-state index is 0.00118. The molecule has 0 aromatic rings. The molecule has 0 aliphatic carbocycles. The zero-order valence-corrected chi connectivity index (χ0v) is 14.5. The van der Waals surface area contributed by atoms with Crippen molar-refractivity contribution < 1.29 is 23.9 Å². The second kappa shape index (κ2) is 7.78. The van der Waals surface area contributed by atoms with E-state index in [1.54, 1.807) is 0 Å². The highest BCUT2D eigenvalue weighted by Crippen LogP contribution is 2.38. The molecule has 0 radical (unpaired) electrons. The SMILES string of the molecule is CCCOC(=O)CC(CC(=O)O)O[Si](C)(C)C(C)(C)C. The molecule has 0 bridgehead atoms. The number of ether oxygens (including phenoxy) is 1. The predicted octanol–water partition coefficient (Wildman–Crippen LogP) is 3.19. The molecule has 0 aliphatic heterocycles. The Hall–Kier alpha value is -0.883. The Labute approximate surface area is 122 Å². The van der Waals surface area contributed by atoms with Gasteiger partial charge in [-0.2, -0.15) is 0 Å². The second-order valence-electron chi connectivity index (χ2n) is 6.52. The van der Waals surface area contributed by atoms with E-state index in [-0.39, 0.29) is 17.9 Å². The number of carboxylic acid groups (broad SMARTS) is 1. The normalized spacial score (nSPS) is 13.9. The van der Waals surface area contributed by atoms with Gasteiger partial charge in [-0.25, -0.2) is 0 Å². The van der Waals surface area contributed by atoms with Crippen LogP contribution in [-0.4, -0.2) is 38.1 Å². The fourth-order valence-corrected chi connectivity index (χ4v) is 2.76. The molecule has 0 aromatic carbocycles. The fraction of sp³-hybridized carbons (Fsp3) is 0.857. The first-order valence-electron chi connectivity index (χ1n) is 7.05. The monoisotopic (exact) mass is 304 g/mol. The van der Waals surface area contributed by atoms with Gasteiger partial charge in [-0.15, -0.1) is 0 Å². The highest BCUT2D eigenvalue weighted by atomic mass is 28.4. The first-order chi connectivity index (χ1) is 8.99. The van der Waals surface area contributed by atoms with Crippen LogP contribution in [0.3, 0.4) is 0 Å². The van der Waals surface area contributed by atoms with E-state index in [1.165, 1.54) is 0 Å². The number of hydrogen-bond donors (Lipinski definition) is 1. The molecule has 6 heteroatoms. The third-order valence-electron chi connectivity index (χ3n) is 3.53. The molecule has 20 heavy (non-hydrogen) atoms. The molecular formula is C14H28O5Si. The Morgan fingerprint density at radius 3 is 2.15 bits per heavy atom. The van der Waals surface area contributed by atoms with Gasteiger partial charge >= 0.3 is 11.9 Å². The minimum atomic E-state index is -2.10. The first kappa shape index (κ1) is 19.1. The van der Waals surface area contributed by atoms with Gasteiger partial charge in [0.2, 0.25) is 0 Å². The van der Waals surface area contributed by atoms with Crippen molar-refractivity contribution in [3.63, 3.8) is 0 Å². The summed E-state index contributed by atoms with van der Waals surface area (Å²) in [7, 11) is -2.10. The summed E-state index contributed by atoms with van der Waals surface area (Å²) in [4.78, 5) is 22.6. The Balaban J connectivity index is 4.73. The van der Waals surface area contributed by atoms with Gasteiger partial charge in [0.15, 0.2) is 8.32 Å². The third kappa shape index (κ3) is 7.05. The topological polar surface area (TPSA) is 72.8 Å². The molecule has 0 fully saturated rings. The maximum absolute atomic E-state index is 11.6. The molecule has 0 heterocycles. The minimum Gasteiger partial charge on any atom is -0.481 e. The zero-order chi connectivity index (χ0) is 16.0. The lowest BCUT2D eigenvalue weighted by Crippen LogP contribution is -2.45. The Kier molecular flexibility index (Phi) is 7.44. The highest BCUT2D eigenvalue weighted by molar-refractivity contribution is 6.74. The number of rotatable bonds is 8. The summed E-state index contributed by atoms with van der Waals surface area (Å²) in [5.74, 6) is -1.35. The summed E-state index contributed by atoms with van der Waals surface area (Å²) >= 11 is 0. The average Bonchev–Trinajstić information content (AvgIpc) is 2.22. The van der Waals surface area contributed by atoms with Crippen LogP contribution in [0.4, 0.5) is 0 Å². The maximum Gasteiger partial charge on any atom is 0.308 e. The van der Waals surface area contributed by atoms with Crippen molar-refractivity contribution in [2.45, 2.75) is 71.2 Å². The van der Waals surface area contributed by atoms with Gasteiger partial charge < -0.3 is 14.3 Å². The summed E-state index contributed by atoms with van der Waals surface area (Å²) in [6.07, 6.45) is -0.0388. The van der Waals surface area contributed by atoms with E-state index in [2.05, 4.69) is 20.8 Å². The molecule has 0 aromatic heterocycles. The summed E-state index contributed by atoms with van der Waals surface area (Å²) in [6.45, 7) is 12.6. The van der Waals surface area contributed by atoms with Crippen LogP contribution in [-0.2, 0) is 18.8 Å². The van der Waals surface area contributed by atoms with Crippen molar-refractivity contribution in [2.24, 2.45) is 0 Å². The Morgan fingerprint density at radius 2 is 1.75 bits per heavy atom. The van der Waals surface area contributed by atoms with Gasteiger partial charge in [0.05, 0.1) is 25.6 Å². The van der Waals surface area contributed by atoms with Crippen LogP contribution in [0.15, 0.2) is 0 Å². The van der Waals surface area contributed by atoms with Gasteiger partial charge in [-0.05, 0) is 24.6 Å². The van der Waals surface area contributed by atoms with E-state index in [4.69, 9.17) is 14.3 Å². The van der Waals surface area contributed by atoms with Gasteiger partial charge in [-0.3, -0.25) is 9.59 Å². The van der Waals surface area contributed by atoms with E-state index in [0.29, 0.717) is 6.61 Å². The number of esters is 1. The van der Waals surface area contributed by atoms with Gasteiger partial charge in [0, 0.05) is 0 Å². The summed E-state index contributed by atoms with van der Waals surface area (Å²) in [5, 5.41) is 8.93. The van der Waals surface area contributed by atoms with Crippen molar-refractivity contribution in [1.29, 1.82) is 0 Å². The maximum atomic E-state index is 11.6. The van der Waals surface area contributed by atoms with E-state index in [0.717, 1.165) is 6.42 Å². The lowest BCUT2D eigenvalue weighted by Gasteiger charge is -2.38. The fourth-order valence-electron chi connectivity index (χ4n) is 1.40. The van der Waals surface area contributed by atoms with E-state index in [9.17, 15) is 9.59 Å². The lowest BCUT2D eigenvalue weighted by atomic mass is 10.2. The van der Waals surface area contributed by atoms with E-state index in [1.807, 2.05) is 20.0 Å². The number of carbonyl (C=O) groups excluding carboxylic acids is 1. The number of hydrogen-bond acceptors (Lipinski definition) is 4. The standard InChI is InChI=1S/C14H28O5Si/c1-7-8-18-13(17)10-11(9-12(15)16)19-20(5,6)14(2,3)4/h11H,7-10H2,1-6H3,(H,15,16). The third-order valence-corrected chi connectivity index (χ3v) is 8.07. The Morgan fingerprint density at radius 1 is 1.20 bits per heavy atom. The van der Waals surface area contributed by atoms with Crippen LogP contribution >= 0.6 is 0 Å². The van der Waals surface area contributed by atoms with E-state index >= 15 is 0 Å². The predicted molar refractivity (Wildman–Crippen MR) is 80.2 cm³/mol. The van der Waals surface area contributed by atoms with Crippen molar-refractivity contribution >= 4 is 20.3 Å².